The van der Waals surface area contributed by atoms with Crippen molar-refractivity contribution in [3.63, 3.8) is 0 Å². The first-order valence-electron chi connectivity index (χ1n) is 7.37. The Hall–Kier alpha value is -1.77. The van der Waals surface area contributed by atoms with Gasteiger partial charge in [-0.3, -0.25) is 4.79 Å². The predicted molar refractivity (Wildman–Crippen MR) is 79.3 cm³/mol. The third-order valence-corrected chi connectivity index (χ3v) is 4.20. The van der Waals surface area contributed by atoms with Gasteiger partial charge >= 0.3 is 0 Å². The van der Waals surface area contributed by atoms with Crippen molar-refractivity contribution in [2.24, 2.45) is 5.92 Å². The maximum Gasteiger partial charge on any atom is 0.193 e. The van der Waals surface area contributed by atoms with Crippen LogP contribution in [0.2, 0.25) is 0 Å². The zero-order valence-corrected chi connectivity index (χ0v) is 11.9. The number of ether oxygens (including phenoxy) is 1. The Balaban J connectivity index is 1.91. The molecule has 1 aliphatic carbocycles. The van der Waals surface area contributed by atoms with Gasteiger partial charge in [0, 0.05) is 12.5 Å². The van der Waals surface area contributed by atoms with Crippen LogP contribution in [0.25, 0.3) is 11.0 Å². The molecule has 106 valence electrons. The largest absolute Gasteiger partial charge is 0.497 e. The van der Waals surface area contributed by atoms with Crippen LogP contribution in [-0.2, 0) is 6.42 Å². The monoisotopic (exact) mass is 272 g/mol. The Morgan fingerprint density at radius 1 is 1.20 bits per heavy atom. The van der Waals surface area contributed by atoms with Crippen molar-refractivity contribution < 1.29 is 9.15 Å². The van der Waals surface area contributed by atoms with Crippen molar-refractivity contribution in [2.75, 3.05) is 7.11 Å². The van der Waals surface area contributed by atoms with Crippen molar-refractivity contribution >= 4 is 11.0 Å². The van der Waals surface area contributed by atoms with Gasteiger partial charge < -0.3 is 9.15 Å². The molecule has 1 saturated carbocycles. The Morgan fingerprint density at radius 3 is 2.75 bits per heavy atom. The zero-order chi connectivity index (χ0) is 13.9. The van der Waals surface area contributed by atoms with Gasteiger partial charge in [0.1, 0.15) is 17.1 Å². The van der Waals surface area contributed by atoms with Crippen molar-refractivity contribution in [3.8, 4) is 5.75 Å². The van der Waals surface area contributed by atoms with Crippen molar-refractivity contribution in [2.45, 2.75) is 38.5 Å². The van der Waals surface area contributed by atoms with Gasteiger partial charge in [-0.25, -0.2) is 0 Å². The van der Waals surface area contributed by atoms with E-state index in [4.69, 9.17) is 9.15 Å². The van der Waals surface area contributed by atoms with E-state index >= 15 is 0 Å². The average molecular weight is 272 g/mol. The van der Waals surface area contributed by atoms with Gasteiger partial charge in [0.2, 0.25) is 0 Å². The second-order valence-electron chi connectivity index (χ2n) is 5.65. The van der Waals surface area contributed by atoms with Crippen LogP contribution in [0.15, 0.2) is 33.5 Å². The summed E-state index contributed by atoms with van der Waals surface area (Å²) in [6.07, 6.45) is 7.35. The highest BCUT2D eigenvalue weighted by atomic mass is 16.5. The van der Waals surface area contributed by atoms with Gasteiger partial charge in [0.15, 0.2) is 5.43 Å². The van der Waals surface area contributed by atoms with Crippen LogP contribution in [0.5, 0.6) is 5.75 Å². The molecule has 0 unspecified atom stereocenters. The Kier molecular flexibility index (Phi) is 3.77. The van der Waals surface area contributed by atoms with Crippen LogP contribution in [0.1, 0.15) is 37.9 Å². The summed E-state index contributed by atoms with van der Waals surface area (Å²) in [5, 5.41) is 0.594. The standard InChI is InChI=1S/C17H20O3/c1-19-13-7-8-17-15(10-13)16(18)11-14(20-17)9-12-5-3-2-4-6-12/h7-8,10-12H,2-6,9H2,1H3. The van der Waals surface area contributed by atoms with Crippen molar-refractivity contribution in [1.29, 1.82) is 0 Å². The molecule has 1 fully saturated rings. The smallest absolute Gasteiger partial charge is 0.193 e. The molecule has 3 heteroatoms. The molecule has 1 aromatic carbocycles. The molecule has 0 atom stereocenters. The van der Waals surface area contributed by atoms with Crippen LogP contribution in [-0.4, -0.2) is 7.11 Å². The molecule has 0 N–H and O–H groups in total. The molecule has 0 saturated heterocycles. The highest BCUT2D eigenvalue weighted by Gasteiger charge is 2.16. The molecule has 20 heavy (non-hydrogen) atoms. The number of benzene rings is 1. The molecule has 0 bridgehead atoms. The zero-order valence-electron chi connectivity index (χ0n) is 11.9. The fourth-order valence-corrected chi connectivity index (χ4v) is 3.09. The van der Waals surface area contributed by atoms with E-state index in [-0.39, 0.29) is 5.43 Å². The summed E-state index contributed by atoms with van der Waals surface area (Å²) < 4.78 is 11.0. The summed E-state index contributed by atoms with van der Waals surface area (Å²) in [4.78, 5) is 12.2. The van der Waals surface area contributed by atoms with Crippen LogP contribution < -0.4 is 10.2 Å². The fraction of sp³-hybridized carbons (Fsp3) is 0.471. The van der Waals surface area contributed by atoms with Gasteiger partial charge in [0.25, 0.3) is 0 Å². The van der Waals surface area contributed by atoms with Crippen molar-refractivity contribution in [3.05, 3.63) is 40.2 Å². The Bertz CT molecular complexity index is 651. The van der Waals surface area contributed by atoms with Crippen molar-refractivity contribution in [1.82, 2.24) is 0 Å². The summed E-state index contributed by atoms with van der Waals surface area (Å²) in [6.45, 7) is 0. The lowest BCUT2D eigenvalue weighted by Gasteiger charge is -2.20. The quantitative estimate of drug-likeness (QED) is 0.850. The van der Waals surface area contributed by atoms with E-state index in [1.165, 1.54) is 32.1 Å². The topological polar surface area (TPSA) is 39.4 Å². The summed E-state index contributed by atoms with van der Waals surface area (Å²) in [5.41, 5.74) is 0.681. The lowest BCUT2D eigenvalue weighted by molar-refractivity contribution is 0.335. The van der Waals surface area contributed by atoms with Gasteiger partial charge in [-0.15, -0.1) is 0 Å². The molecule has 1 heterocycles. The maximum absolute atomic E-state index is 12.2. The van der Waals surface area contributed by atoms with E-state index in [2.05, 4.69) is 0 Å². The SMILES string of the molecule is COc1ccc2oc(CC3CCCCC3)cc(=O)c2c1. The highest BCUT2D eigenvalue weighted by molar-refractivity contribution is 5.78. The fourth-order valence-electron chi connectivity index (χ4n) is 3.09. The third kappa shape index (κ3) is 2.72. The third-order valence-electron chi connectivity index (χ3n) is 4.20. The lowest BCUT2D eigenvalue weighted by Crippen LogP contribution is -2.11. The first kappa shape index (κ1) is 13.2. The number of methoxy groups -OCH3 is 1. The minimum absolute atomic E-state index is 0.0240. The number of fused-ring (bicyclic) bond motifs is 1. The Labute approximate surface area is 118 Å². The molecular formula is C17H20O3. The van der Waals surface area contributed by atoms with E-state index in [9.17, 15) is 4.79 Å². The highest BCUT2D eigenvalue weighted by Crippen LogP contribution is 2.27. The van der Waals surface area contributed by atoms with Gasteiger partial charge in [-0.1, -0.05) is 32.1 Å². The van der Waals surface area contributed by atoms with Crippen LogP contribution in [0, 0.1) is 5.92 Å². The Morgan fingerprint density at radius 2 is 2.00 bits per heavy atom. The van der Waals surface area contributed by atoms with E-state index in [1.54, 1.807) is 19.2 Å². The molecule has 3 nitrogen and oxygen atoms in total. The second kappa shape index (κ2) is 5.70. The summed E-state index contributed by atoms with van der Waals surface area (Å²) in [6, 6.07) is 7.04. The number of hydrogen-bond donors (Lipinski definition) is 0. The summed E-state index contributed by atoms with van der Waals surface area (Å²) in [5.74, 6) is 2.17. The van der Waals surface area contributed by atoms with Crippen LogP contribution in [0.3, 0.4) is 0 Å². The normalized spacial score (nSPS) is 16.4. The summed E-state index contributed by atoms with van der Waals surface area (Å²) >= 11 is 0. The number of rotatable bonds is 3. The van der Waals surface area contributed by atoms with E-state index in [1.807, 2.05) is 12.1 Å². The van der Waals surface area contributed by atoms with Crippen LogP contribution >= 0.6 is 0 Å². The lowest BCUT2D eigenvalue weighted by atomic mass is 9.86. The molecule has 3 rings (SSSR count). The minimum Gasteiger partial charge on any atom is -0.497 e. The molecule has 1 aromatic heterocycles. The van der Waals surface area contributed by atoms with Crippen LogP contribution in [0.4, 0.5) is 0 Å². The minimum atomic E-state index is 0.0240. The first-order chi connectivity index (χ1) is 9.76. The van der Waals surface area contributed by atoms with Gasteiger partial charge in [0.05, 0.1) is 12.5 Å². The van der Waals surface area contributed by atoms with E-state index in [0.717, 1.165) is 12.2 Å². The average Bonchev–Trinajstić information content (AvgIpc) is 2.48. The van der Waals surface area contributed by atoms with E-state index in [0.29, 0.717) is 22.6 Å². The molecule has 2 aromatic rings. The number of hydrogen-bond acceptors (Lipinski definition) is 3. The van der Waals surface area contributed by atoms with E-state index < -0.39 is 0 Å². The molecule has 0 amide bonds. The maximum atomic E-state index is 12.2. The first-order valence-corrected chi connectivity index (χ1v) is 7.37. The summed E-state index contributed by atoms with van der Waals surface area (Å²) in [7, 11) is 1.60. The van der Waals surface area contributed by atoms with Gasteiger partial charge in [-0.2, -0.15) is 0 Å². The molecule has 0 aliphatic heterocycles. The molecule has 1 aliphatic rings. The predicted octanol–water partition coefficient (Wildman–Crippen LogP) is 3.92. The second-order valence-corrected chi connectivity index (χ2v) is 5.65. The molecule has 0 radical (unpaired) electrons. The molecule has 0 spiro atoms. The molecular weight excluding hydrogens is 252 g/mol. The van der Waals surface area contributed by atoms with Gasteiger partial charge in [-0.05, 0) is 24.1 Å².